The Morgan fingerprint density at radius 1 is 0.829 bits per heavy atom. The number of ether oxygens (including phenoxy) is 1. The number of benzene rings is 2. The van der Waals surface area contributed by atoms with E-state index in [1.165, 1.54) is 6.07 Å². The average molecular weight is 483 g/mol. The molecular formula is C27H35FN4O3. The Balaban J connectivity index is 1.19. The molecule has 2 aliphatic heterocycles. The molecule has 0 atom stereocenters. The van der Waals surface area contributed by atoms with E-state index in [0.29, 0.717) is 64.3 Å². The first-order valence-electron chi connectivity index (χ1n) is 12.4. The number of nitrogens with zero attached hydrogens (tertiary/aromatic N) is 4. The van der Waals surface area contributed by atoms with Crippen molar-refractivity contribution in [1.82, 2.24) is 14.7 Å². The summed E-state index contributed by atoms with van der Waals surface area (Å²) in [7, 11) is 1.64. The van der Waals surface area contributed by atoms with E-state index in [1.54, 1.807) is 19.2 Å². The highest BCUT2D eigenvalue weighted by atomic mass is 19.1. The molecule has 0 aromatic heterocycles. The van der Waals surface area contributed by atoms with Crippen molar-refractivity contribution in [3.05, 3.63) is 59.9 Å². The highest BCUT2D eigenvalue weighted by Crippen LogP contribution is 2.20. The van der Waals surface area contributed by atoms with E-state index in [1.807, 2.05) is 45.0 Å². The van der Waals surface area contributed by atoms with E-state index in [2.05, 4.69) is 4.90 Å². The predicted molar refractivity (Wildman–Crippen MR) is 134 cm³/mol. The first-order chi connectivity index (χ1) is 17.0. The third kappa shape index (κ3) is 6.72. The van der Waals surface area contributed by atoms with Crippen molar-refractivity contribution in [3.8, 4) is 5.75 Å². The van der Waals surface area contributed by atoms with E-state index >= 15 is 0 Å². The van der Waals surface area contributed by atoms with Gasteiger partial charge in [-0.2, -0.15) is 0 Å². The van der Waals surface area contributed by atoms with Gasteiger partial charge in [-0.15, -0.1) is 0 Å². The third-order valence-electron chi connectivity index (χ3n) is 6.91. The molecule has 2 heterocycles. The summed E-state index contributed by atoms with van der Waals surface area (Å²) in [6.45, 7) is 5.70. The number of carbonyl (C=O) groups is 2. The number of carbonyl (C=O) groups excluding carboxylic acids is 2. The van der Waals surface area contributed by atoms with Gasteiger partial charge in [0, 0.05) is 58.8 Å². The molecule has 0 saturated carbocycles. The number of piperazine rings is 1. The molecular weight excluding hydrogens is 447 g/mol. The highest BCUT2D eigenvalue weighted by molar-refractivity contribution is 5.79. The summed E-state index contributed by atoms with van der Waals surface area (Å²) in [5.74, 6) is 0.866. The summed E-state index contributed by atoms with van der Waals surface area (Å²) in [4.78, 5) is 33.6. The van der Waals surface area contributed by atoms with Gasteiger partial charge in [-0.1, -0.05) is 24.3 Å². The number of methoxy groups -OCH3 is 1. The number of aryl methyl sites for hydroxylation is 1. The van der Waals surface area contributed by atoms with Crippen LogP contribution in [0.15, 0.2) is 48.5 Å². The first kappa shape index (κ1) is 25.0. The van der Waals surface area contributed by atoms with Gasteiger partial charge in [0.15, 0.2) is 0 Å². The zero-order valence-electron chi connectivity index (χ0n) is 20.5. The lowest BCUT2D eigenvalue weighted by Crippen LogP contribution is -2.51. The molecule has 0 spiro atoms. The normalized spacial score (nSPS) is 17.3. The van der Waals surface area contributed by atoms with Crippen LogP contribution in [0.2, 0.25) is 0 Å². The summed E-state index contributed by atoms with van der Waals surface area (Å²) < 4.78 is 19.3. The third-order valence-corrected chi connectivity index (χ3v) is 6.91. The molecule has 2 saturated heterocycles. The van der Waals surface area contributed by atoms with Crippen molar-refractivity contribution in [2.45, 2.75) is 19.3 Å². The molecule has 35 heavy (non-hydrogen) atoms. The fourth-order valence-electron chi connectivity index (χ4n) is 4.78. The zero-order valence-corrected chi connectivity index (χ0v) is 20.5. The second-order valence-corrected chi connectivity index (χ2v) is 9.18. The van der Waals surface area contributed by atoms with E-state index in [-0.39, 0.29) is 17.6 Å². The van der Waals surface area contributed by atoms with Crippen molar-refractivity contribution in [3.63, 3.8) is 0 Å². The number of anilines is 1. The molecule has 2 aromatic carbocycles. The van der Waals surface area contributed by atoms with Crippen molar-refractivity contribution < 1.29 is 18.7 Å². The Kier molecular flexibility index (Phi) is 8.58. The number of rotatable bonds is 7. The van der Waals surface area contributed by atoms with Crippen LogP contribution in [0.4, 0.5) is 10.1 Å². The summed E-state index contributed by atoms with van der Waals surface area (Å²) >= 11 is 0. The summed E-state index contributed by atoms with van der Waals surface area (Å²) in [6.07, 6.45) is 2.06. The fourth-order valence-corrected chi connectivity index (χ4v) is 4.78. The zero-order chi connectivity index (χ0) is 24.6. The van der Waals surface area contributed by atoms with Crippen molar-refractivity contribution >= 4 is 17.5 Å². The van der Waals surface area contributed by atoms with Crippen molar-refractivity contribution in [2.75, 3.05) is 70.9 Å². The van der Waals surface area contributed by atoms with Gasteiger partial charge in [0.25, 0.3) is 0 Å². The van der Waals surface area contributed by atoms with Gasteiger partial charge in [0.1, 0.15) is 11.6 Å². The Morgan fingerprint density at radius 2 is 1.51 bits per heavy atom. The molecule has 0 radical (unpaired) electrons. The number of hydrogen-bond acceptors (Lipinski definition) is 5. The minimum Gasteiger partial charge on any atom is -0.497 e. The number of halogens is 1. The van der Waals surface area contributed by atoms with Crippen LogP contribution in [0.1, 0.15) is 18.4 Å². The monoisotopic (exact) mass is 482 g/mol. The number of para-hydroxylation sites is 1. The van der Waals surface area contributed by atoms with Crippen LogP contribution < -0.4 is 9.64 Å². The van der Waals surface area contributed by atoms with Gasteiger partial charge in [0.2, 0.25) is 11.8 Å². The molecule has 0 bridgehead atoms. The maximum Gasteiger partial charge on any atom is 0.236 e. The summed E-state index contributed by atoms with van der Waals surface area (Å²) in [5, 5.41) is 0. The smallest absolute Gasteiger partial charge is 0.236 e. The second-order valence-electron chi connectivity index (χ2n) is 9.18. The maximum absolute atomic E-state index is 14.1. The predicted octanol–water partition coefficient (Wildman–Crippen LogP) is 2.65. The Hall–Kier alpha value is -3.13. The van der Waals surface area contributed by atoms with Crippen LogP contribution in [0.3, 0.4) is 0 Å². The lowest BCUT2D eigenvalue weighted by atomic mass is 10.1. The molecule has 7 nitrogen and oxygen atoms in total. The molecule has 2 aromatic rings. The quantitative estimate of drug-likeness (QED) is 0.608. The lowest BCUT2D eigenvalue weighted by molar-refractivity contribution is -0.132. The lowest BCUT2D eigenvalue weighted by Gasteiger charge is -2.37. The average Bonchev–Trinajstić information content (AvgIpc) is 3.13. The minimum atomic E-state index is -0.222. The largest absolute Gasteiger partial charge is 0.497 e. The van der Waals surface area contributed by atoms with Gasteiger partial charge in [-0.25, -0.2) is 4.39 Å². The van der Waals surface area contributed by atoms with Gasteiger partial charge >= 0.3 is 0 Å². The van der Waals surface area contributed by atoms with Crippen LogP contribution in [0.5, 0.6) is 5.75 Å². The number of amides is 2. The second kappa shape index (κ2) is 12.0. The molecule has 0 N–H and O–H groups in total. The van der Waals surface area contributed by atoms with Gasteiger partial charge in [0.05, 0.1) is 19.3 Å². The van der Waals surface area contributed by atoms with E-state index < -0.39 is 0 Å². The standard InChI is InChI=1S/C27H35FN4O3/c1-35-23-10-7-22(8-11-23)9-12-26(33)31-14-4-13-29(15-16-31)21-27(34)32-19-17-30(18-20-32)25-6-3-2-5-24(25)28/h2-3,5-8,10-11H,4,9,12-21H2,1H3. The Bertz CT molecular complexity index is 992. The Morgan fingerprint density at radius 3 is 2.23 bits per heavy atom. The van der Waals surface area contributed by atoms with Gasteiger partial charge in [-0.05, 0) is 42.7 Å². The molecule has 188 valence electrons. The molecule has 0 aliphatic carbocycles. The van der Waals surface area contributed by atoms with Gasteiger partial charge < -0.3 is 19.4 Å². The first-order valence-corrected chi connectivity index (χ1v) is 12.4. The van der Waals surface area contributed by atoms with E-state index in [4.69, 9.17) is 4.74 Å². The van der Waals surface area contributed by atoms with Crippen LogP contribution in [0.25, 0.3) is 0 Å². The molecule has 4 rings (SSSR count). The number of hydrogen-bond donors (Lipinski definition) is 0. The molecule has 2 amide bonds. The fraction of sp³-hybridized carbons (Fsp3) is 0.481. The maximum atomic E-state index is 14.1. The minimum absolute atomic E-state index is 0.109. The topological polar surface area (TPSA) is 56.3 Å². The molecule has 2 aliphatic rings. The van der Waals surface area contributed by atoms with Gasteiger partial charge in [-0.3, -0.25) is 14.5 Å². The SMILES string of the molecule is COc1ccc(CCC(=O)N2CCCN(CC(=O)N3CCN(c4ccccc4F)CC3)CC2)cc1. The highest BCUT2D eigenvalue weighted by Gasteiger charge is 2.25. The molecule has 0 unspecified atom stereocenters. The summed E-state index contributed by atoms with van der Waals surface area (Å²) in [5.41, 5.74) is 1.72. The Labute approximate surface area is 207 Å². The van der Waals surface area contributed by atoms with Crippen molar-refractivity contribution in [2.24, 2.45) is 0 Å². The van der Waals surface area contributed by atoms with Crippen LogP contribution in [0, 0.1) is 5.82 Å². The van der Waals surface area contributed by atoms with E-state index in [9.17, 15) is 14.0 Å². The van der Waals surface area contributed by atoms with Crippen LogP contribution in [-0.4, -0.2) is 92.5 Å². The molecule has 2 fully saturated rings. The molecule has 8 heteroatoms. The summed E-state index contributed by atoms with van der Waals surface area (Å²) in [6, 6.07) is 14.6. The van der Waals surface area contributed by atoms with Crippen molar-refractivity contribution in [1.29, 1.82) is 0 Å². The van der Waals surface area contributed by atoms with E-state index in [0.717, 1.165) is 30.8 Å². The van der Waals surface area contributed by atoms with Crippen LogP contribution >= 0.6 is 0 Å². The van der Waals surface area contributed by atoms with Crippen LogP contribution in [-0.2, 0) is 16.0 Å².